The van der Waals surface area contributed by atoms with E-state index in [0.29, 0.717) is 6.54 Å². The van der Waals surface area contributed by atoms with Gasteiger partial charge in [0.25, 0.3) is 0 Å². The molecule has 5 heteroatoms. The zero-order valence-electron chi connectivity index (χ0n) is 12.0. The monoisotopic (exact) mass is 289 g/mol. The Hall–Kier alpha value is -1.75. The van der Waals surface area contributed by atoms with Crippen molar-refractivity contribution in [1.82, 2.24) is 14.9 Å². The van der Waals surface area contributed by atoms with Crippen LogP contribution in [-0.2, 0) is 11.8 Å². The van der Waals surface area contributed by atoms with Crippen LogP contribution < -0.4 is 5.32 Å². The van der Waals surface area contributed by atoms with Gasteiger partial charge in [-0.3, -0.25) is 4.79 Å². The Morgan fingerprint density at radius 3 is 2.75 bits per heavy atom. The van der Waals surface area contributed by atoms with Crippen molar-refractivity contribution in [2.45, 2.75) is 24.3 Å². The molecule has 1 aromatic heterocycles. The van der Waals surface area contributed by atoms with E-state index in [1.165, 1.54) is 11.8 Å². The fraction of sp³-hybridized carbons (Fsp3) is 0.333. The Balaban J connectivity index is 2.16. The normalized spacial score (nSPS) is 12.2. The number of imidazole rings is 1. The molecule has 4 nitrogen and oxygen atoms in total. The topological polar surface area (TPSA) is 46.9 Å². The van der Waals surface area contributed by atoms with Crippen molar-refractivity contribution in [3.63, 3.8) is 0 Å². The molecule has 106 valence electrons. The average molecular weight is 289 g/mol. The molecule has 20 heavy (non-hydrogen) atoms. The van der Waals surface area contributed by atoms with Gasteiger partial charge < -0.3 is 9.88 Å². The SMILES string of the molecule is CCNC(=O)C(C)Sc1ncc(-c2ccccc2)n1C. The predicted molar refractivity (Wildman–Crippen MR) is 82.6 cm³/mol. The number of hydrogen-bond acceptors (Lipinski definition) is 3. The van der Waals surface area contributed by atoms with Crippen LogP contribution >= 0.6 is 11.8 Å². The van der Waals surface area contributed by atoms with Gasteiger partial charge in [-0.2, -0.15) is 0 Å². The van der Waals surface area contributed by atoms with E-state index in [0.717, 1.165) is 16.4 Å². The van der Waals surface area contributed by atoms with Crippen LogP contribution in [0.4, 0.5) is 0 Å². The number of carbonyl (C=O) groups is 1. The summed E-state index contributed by atoms with van der Waals surface area (Å²) in [5.74, 6) is 0.0433. The molecule has 0 bridgehead atoms. The van der Waals surface area contributed by atoms with Gasteiger partial charge in [0, 0.05) is 13.6 Å². The maximum Gasteiger partial charge on any atom is 0.233 e. The van der Waals surface area contributed by atoms with Gasteiger partial charge >= 0.3 is 0 Å². The molecule has 0 spiro atoms. The highest BCUT2D eigenvalue weighted by atomic mass is 32.2. The lowest BCUT2D eigenvalue weighted by Crippen LogP contribution is -2.30. The maximum absolute atomic E-state index is 11.8. The molecule has 2 aromatic rings. The largest absolute Gasteiger partial charge is 0.355 e. The van der Waals surface area contributed by atoms with Crippen molar-refractivity contribution in [2.24, 2.45) is 7.05 Å². The maximum atomic E-state index is 11.8. The number of amides is 1. The summed E-state index contributed by atoms with van der Waals surface area (Å²) in [5.41, 5.74) is 2.18. The van der Waals surface area contributed by atoms with E-state index in [9.17, 15) is 4.79 Å². The first kappa shape index (κ1) is 14.7. The van der Waals surface area contributed by atoms with Crippen molar-refractivity contribution in [3.05, 3.63) is 36.5 Å². The van der Waals surface area contributed by atoms with Gasteiger partial charge in [-0.15, -0.1) is 0 Å². The van der Waals surface area contributed by atoms with Crippen LogP contribution in [0, 0.1) is 0 Å². The van der Waals surface area contributed by atoms with Crippen LogP contribution in [0.2, 0.25) is 0 Å². The molecule has 1 aromatic carbocycles. The number of thioether (sulfide) groups is 1. The Morgan fingerprint density at radius 1 is 1.40 bits per heavy atom. The summed E-state index contributed by atoms with van der Waals surface area (Å²) >= 11 is 1.47. The zero-order chi connectivity index (χ0) is 14.5. The van der Waals surface area contributed by atoms with Gasteiger partial charge in [-0.05, 0) is 19.4 Å². The third-order valence-corrected chi connectivity index (χ3v) is 4.18. The van der Waals surface area contributed by atoms with Gasteiger partial charge in [0.05, 0.1) is 17.1 Å². The van der Waals surface area contributed by atoms with E-state index in [2.05, 4.69) is 22.4 Å². The van der Waals surface area contributed by atoms with Crippen LogP contribution in [0.1, 0.15) is 13.8 Å². The van der Waals surface area contributed by atoms with Crippen LogP contribution in [0.3, 0.4) is 0 Å². The summed E-state index contributed by atoms with van der Waals surface area (Å²) in [5, 5.41) is 3.52. The molecule has 0 aliphatic heterocycles. The quantitative estimate of drug-likeness (QED) is 0.861. The Kier molecular flexibility index (Phi) is 4.84. The van der Waals surface area contributed by atoms with Gasteiger partial charge in [0.1, 0.15) is 0 Å². The highest BCUT2D eigenvalue weighted by molar-refractivity contribution is 8.00. The smallest absolute Gasteiger partial charge is 0.233 e. The number of benzene rings is 1. The van der Waals surface area contributed by atoms with E-state index in [1.807, 2.05) is 49.9 Å². The molecule has 0 fully saturated rings. The van der Waals surface area contributed by atoms with Gasteiger partial charge in [0.15, 0.2) is 5.16 Å². The average Bonchev–Trinajstić information content (AvgIpc) is 2.81. The molecule has 0 saturated carbocycles. The molecule has 0 aliphatic carbocycles. The second kappa shape index (κ2) is 6.61. The molecular weight excluding hydrogens is 270 g/mol. The third-order valence-electron chi connectivity index (χ3n) is 3.02. The molecule has 1 atom stereocenters. The van der Waals surface area contributed by atoms with Crippen LogP contribution in [0.5, 0.6) is 0 Å². The van der Waals surface area contributed by atoms with E-state index >= 15 is 0 Å². The van der Waals surface area contributed by atoms with Gasteiger partial charge in [0.2, 0.25) is 5.91 Å². The molecule has 1 unspecified atom stereocenters. The lowest BCUT2D eigenvalue weighted by molar-refractivity contribution is -0.120. The summed E-state index contributed by atoms with van der Waals surface area (Å²) in [4.78, 5) is 16.2. The minimum atomic E-state index is -0.153. The summed E-state index contributed by atoms with van der Waals surface area (Å²) in [6, 6.07) is 10.1. The van der Waals surface area contributed by atoms with Crippen molar-refractivity contribution in [3.8, 4) is 11.3 Å². The standard InChI is InChI=1S/C15H19N3OS/c1-4-16-14(19)11(2)20-15-17-10-13(18(15)3)12-8-6-5-7-9-12/h5-11H,4H2,1-3H3,(H,16,19). The summed E-state index contributed by atoms with van der Waals surface area (Å²) in [6.07, 6.45) is 1.85. The molecule has 0 saturated heterocycles. The summed E-state index contributed by atoms with van der Waals surface area (Å²) in [7, 11) is 1.97. The van der Waals surface area contributed by atoms with E-state index < -0.39 is 0 Å². The number of nitrogens with one attached hydrogen (secondary N) is 1. The van der Waals surface area contributed by atoms with Gasteiger partial charge in [-0.1, -0.05) is 42.1 Å². The first-order valence-corrected chi connectivity index (χ1v) is 7.53. The van der Waals surface area contributed by atoms with Crippen molar-refractivity contribution in [2.75, 3.05) is 6.54 Å². The number of hydrogen-bond donors (Lipinski definition) is 1. The van der Waals surface area contributed by atoms with Crippen LogP contribution in [0.25, 0.3) is 11.3 Å². The molecule has 1 amide bonds. The van der Waals surface area contributed by atoms with Crippen molar-refractivity contribution >= 4 is 17.7 Å². The first-order chi connectivity index (χ1) is 9.63. The number of rotatable bonds is 5. The highest BCUT2D eigenvalue weighted by Gasteiger charge is 2.17. The summed E-state index contributed by atoms with van der Waals surface area (Å²) in [6.45, 7) is 4.47. The molecular formula is C15H19N3OS. The molecule has 0 aliphatic rings. The molecule has 2 rings (SSSR count). The second-order valence-electron chi connectivity index (χ2n) is 4.51. The summed E-state index contributed by atoms with van der Waals surface area (Å²) < 4.78 is 2.02. The number of nitrogens with zero attached hydrogens (tertiary/aromatic N) is 2. The fourth-order valence-corrected chi connectivity index (χ4v) is 2.79. The van der Waals surface area contributed by atoms with E-state index in [4.69, 9.17) is 0 Å². The first-order valence-electron chi connectivity index (χ1n) is 6.65. The Labute approximate surface area is 123 Å². The molecule has 1 N–H and O–H groups in total. The van der Waals surface area contributed by atoms with Gasteiger partial charge in [-0.25, -0.2) is 4.98 Å². The molecule has 1 heterocycles. The highest BCUT2D eigenvalue weighted by Crippen LogP contribution is 2.27. The number of carbonyl (C=O) groups excluding carboxylic acids is 1. The number of aromatic nitrogens is 2. The van der Waals surface area contributed by atoms with Crippen molar-refractivity contribution in [1.29, 1.82) is 0 Å². The lowest BCUT2D eigenvalue weighted by Gasteiger charge is -2.11. The van der Waals surface area contributed by atoms with Crippen molar-refractivity contribution < 1.29 is 4.79 Å². The second-order valence-corrected chi connectivity index (χ2v) is 5.81. The minimum absolute atomic E-state index is 0.0433. The molecule has 0 radical (unpaired) electrons. The van der Waals surface area contributed by atoms with Crippen LogP contribution in [0.15, 0.2) is 41.7 Å². The Bertz CT molecular complexity index is 580. The Morgan fingerprint density at radius 2 is 2.10 bits per heavy atom. The van der Waals surface area contributed by atoms with Crippen LogP contribution in [-0.4, -0.2) is 27.3 Å². The fourth-order valence-electron chi connectivity index (χ4n) is 1.91. The predicted octanol–water partition coefficient (Wildman–Crippen LogP) is 2.70. The zero-order valence-corrected chi connectivity index (χ0v) is 12.8. The van der Waals surface area contributed by atoms with E-state index in [1.54, 1.807) is 0 Å². The van der Waals surface area contributed by atoms with E-state index in [-0.39, 0.29) is 11.2 Å². The minimum Gasteiger partial charge on any atom is -0.355 e. The third kappa shape index (κ3) is 3.22. The lowest BCUT2D eigenvalue weighted by atomic mass is 10.2.